The molecule has 0 bridgehead atoms. The number of ketones is 1. The first kappa shape index (κ1) is 18.5. The van der Waals surface area contributed by atoms with E-state index in [1.807, 2.05) is 31.2 Å². The van der Waals surface area contributed by atoms with Crippen molar-refractivity contribution >= 4 is 40.6 Å². The van der Waals surface area contributed by atoms with Crippen LogP contribution in [0, 0.1) is 0 Å². The summed E-state index contributed by atoms with van der Waals surface area (Å²) >= 11 is 12.4. The van der Waals surface area contributed by atoms with Gasteiger partial charge in [0, 0.05) is 41.1 Å². The number of benzene rings is 2. The van der Waals surface area contributed by atoms with Gasteiger partial charge in [-0.3, -0.25) is 9.59 Å². The number of Topliss-reactive ketones (excluding diaryl/α,β-unsaturated/α-hetero) is 1. The minimum atomic E-state index is -0.992. The molecule has 1 aliphatic carbocycles. The second-order valence-electron chi connectivity index (χ2n) is 7.01. The van der Waals surface area contributed by atoms with Crippen molar-refractivity contribution in [2.24, 2.45) is 0 Å². The molecule has 1 N–H and O–H groups in total. The van der Waals surface area contributed by atoms with Gasteiger partial charge >= 0.3 is 0 Å². The van der Waals surface area contributed by atoms with E-state index in [4.69, 9.17) is 27.9 Å². The van der Waals surface area contributed by atoms with E-state index in [2.05, 4.69) is 5.32 Å². The quantitative estimate of drug-likeness (QED) is 0.805. The average Bonchev–Trinajstić information content (AvgIpc) is 2.90. The van der Waals surface area contributed by atoms with Crippen LogP contribution in [0.3, 0.4) is 0 Å². The molecule has 1 aliphatic heterocycles. The highest BCUT2D eigenvalue weighted by atomic mass is 35.5. The zero-order valence-electron chi connectivity index (χ0n) is 14.8. The Labute approximate surface area is 167 Å². The topological polar surface area (TPSA) is 55.4 Å². The zero-order chi connectivity index (χ0) is 19.2. The number of halogens is 2. The number of ether oxygens (including phenoxy) is 1. The van der Waals surface area contributed by atoms with Crippen LogP contribution in [-0.4, -0.2) is 24.4 Å². The van der Waals surface area contributed by atoms with Crippen LogP contribution < -0.4 is 5.32 Å². The number of amides is 1. The minimum absolute atomic E-state index is 0.0827. The molecule has 27 heavy (non-hydrogen) atoms. The highest BCUT2D eigenvalue weighted by Gasteiger charge is 2.61. The molecule has 2 aromatic carbocycles. The van der Waals surface area contributed by atoms with Crippen LogP contribution in [0.15, 0.2) is 42.5 Å². The van der Waals surface area contributed by atoms with Crippen molar-refractivity contribution in [2.75, 3.05) is 11.9 Å². The van der Waals surface area contributed by atoms with E-state index < -0.39 is 11.5 Å². The van der Waals surface area contributed by atoms with Gasteiger partial charge in [0.2, 0.25) is 5.91 Å². The second-order valence-corrected chi connectivity index (χ2v) is 7.88. The van der Waals surface area contributed by atoms with Gasteiger partial charge in [0.05, 0.1) is 6.10 Å². The first-order valence-corrected chi connectivity index (χ1v) is 9.72. The largest absolute Gasteiger partial charge is 0.377 e. The van der Waals surface area contributed by atoms with E-state index in [1.165, 1.54) is 0 Å². The van der Waals surface area contributed by atoms with Gasteiger partial charge in [-0.15, -0.1) is 0 Å². The Morgan fingerprint density at radius 3 is 2.63 bits per heavy atom. The van der Waals surface area contributed by atoms with Crippen LogP contribution in [0.1, 0.15) is 36.8 Å². The summed E-state index contributed by atoms with van der Waals surface area (Å²) in [7, 11) is 0. The number of carbonyl (C=O) groups is 2. The van der Waals surface area contributed by atoms with Gasteiger partial charge in [-0.1, -0.05) is 41.4 Å². The van der Waals surface area contributed by atoms with E-state index in [1.54, 1.807) is 18.2 Å². The molecular formula is C21H19Cl2NO3. The fraction of sp³-hybridized carbons (Fsp3) is 0.333. The molecule has 0 saturated heterocycles. The predicted molar refractivity (Wildman–Crippen MR) is 106 cm³/mol. The number of fused-ring (bicyclic) bond motifs is 2. The maximum Gasteiger partial charge on any atom is 0.238 e. The SMILES string of the molecule is CCOC1CC(=O)CC(c2cccc(Cl)c2)C12C(=O)Nc1cc(Cl)ccc12. The van der Waals surface area contributed by atoms with Crippen LogP contribution in [0.5, 0.6) is 0 Å². The summed E-state index contributed by atoms with van der Waals surface area (Å²) in [5.74, 6) is -0.439. The van der Waals surface area contributed by atoms with Gasteiger partial charge < -0.3 is 10.1 Å². The summed E-state index contributed by atoms with van der Waals surface area (Å²) in [5, 5.41) is 4.09. The molecule has 4 nitrogen and oxygen atoms in total. The molecule has 0 aromatic heterocycles. The van der Waals surface area contributed by atoms with Crippen molar-refractivity contribution < 1.29 is 14.3 Å². The third kappa shape index (κ3) is 2.87. The minimum Gasteiger partial charge on any atom is -0.377 e. The Kier molecular flexibility index (Phi) is 4.75. The van der Waals surface area contributed by atoms with Gasteiger partial charge in [-0.25, -0.2) is 0 Å². The molecular weight excluding hydrogens is 385 g/mol. The average molecular weight is 404 g/mol. The summed E-state index contributed by atoms with van der Waals surface area (Å²) in [4.78, 5) is 26.0. The van der Waals surface area contributed by atoms with Crippen molar-refractivity contribution in [1.29, 1.82) is 0 Å². The van der Waals surface area contributed by atoms with Gasteiger partial charge in [0.1, 0.15) is 11.2 Å². The Balaban J connectivity index is 1.96. The molecule has 1 saturated carbocycles. The van der Waals surface area contributed by atoms with Crippen LogP contribution in [0.25, 0.3) is 0 Å². The van der Waals surface area contributed by atoms with Crippen LogP contribution in [0.4, 0.5) is 5.69 Å². The molecule has 1 heterocycles. The monoisotopic (exact) mass is 403 g/mol. The lowest BCUT2D eigenvalue weighted by Gasteiger charge is -2.45. The zero-order valence-corrected chi connectivity index (χ0v) is 16.3. The Hall–Kier alpha value is -1.88. The van der Waals surface area contributed by atoms with Gasteiger partial charge in [-0.2, -0.15) is 0 Å². The van der Waals surface area contributed by atoms with E-state index in [9.17, 15) is 9.59 Å². The number of hydrogen-bond donors (Lipinski definition) is 1. The molecule has 1 fully saturated rings. The van der Waals surface area contributed by atoms with Crippen molar-refractivity contribution in [2.45, 2.75) is 37.2 Å². The smallest absolute Gasteiger partial charge is 0.238 e. The fourth-order valence-electron chi connectivity index (χ4n) is 4.55. The summed E-state index contributed by atoms with van der Waals surface area (Å²) in [6.45, 7) is 2.29. The maximum absolute atomic E-state index is 13.4. The number of rotatable bonds is 3. The summed E-state index contributed by atoms with van der Waals surface area (Å²) in [6, 6.07) is 12.8. The predicted octanol–water partition coefficient (Wildman–Crippen LogP) is 4.74. The summed E-state index contributed by atoms with van der Waals surface area (Å²) in [5.41, 5.74) is 1.37. The standard InChI is InChI=1S/C21H19Cl2NO3/c1-2-27-19-11-15(25)10-17(12-4-3-5-13(22)8-12)21(19)16-7-6-14(23)9-18(16)24-20(21)26/h3-9,17,19H,2,10-11H2,1H3,(H,24,26). The number of hydrogen-bond acceptors (Lipinski definition) is 3. The van der Waals surface area contributed by atoms with E-state index in [-0.39, 0.29) is 30.4 Å². The van der Waals surface area contributed by atoms with Gasteiger partial charge in [0.25, 0.3) is 0 Å². The molecule has 1 spiro atoms. The van der Waals surface area contributed by atoms with Crippen molar-refractivity contribution in [1.82, 2.24) is 0 Å². The lowest BCUT2D eigenvalue weighted by molar-refractivity contribution is -0.139. The molecule has 0 radical (unpaired) electrons. The lowest BCUT2D eigenvalue weighted by Crippen LogP contribution is -2.55. The van der Waals surface area contributed by atoms with Crippen LogP contribution >= 0.6 is 23.2 Å². The highest BCUT2D eigenvalue weighted by molar-refractivity contribution is 6.31. The van der Waals surface area contributed by atoms with Crippen molar-refractivity contribution in [3.05, 3.63) is 63.6 Å². The molecule has 2 aromatic rings. The van der Waals surface area contributed by atoms with E-state index in [0.717, 1.165) is 11.1 Å². The third-order valence-electron chi connectivity index (χ3n) is 5.57. The van der Waals surface area contributed by atoms with Gasteiger partial charge in [-0.05, 0) is 42.3 Å². The molecule has 6 heteroatoms. The Bertz CT molecular complexity index is 929. The summed E-state index contributed by atoms with van der Waals surface area (Å²) in [6.07, 6.45) is -0.0741. The first-order valence-electron chi connectivity index (χ1n) is 8.97. The Morgan fingerprint density at radius 1 is 1.11 bits per heavy atom. The summed E-state index contributed by atoms with van der Waals surface area (Å²) < 4.78 is 5.98. The van der Waals surface area contributed by atoms with Gasteiger partial charge in [0.15, 0.2) is 0 Å². The molecule has 1 amide bonds. The number of nitrogens with one attached hydrogen (secondary N) is 1. The molecule has 4 rings (SSSR count). The number of carbonyl (C=O) groups excluding carboxylic acids is 2. The molecule has 2 aliphatic rings. The van der Waals surface area contributed by atoms with Crippen molar-refractivity contribution in [3.8, 4) is 0 Å². The maximum atomic E-state index is 13.4. The first-order chi connectivity index (χ1) is 13.0. The third-order valence-corrected chi connectivity index (χ3v) is 6.04. The fourth-order valence-corrected chi connectivity index (χ4v) is 4.92. The number of anilines is 1. The van der Waals surface area contributed by atoms with Crippen molar-refractivity contribution in [3.63, 3.8) is 0 Å². The molecule has 140 valence electrons. The van der Waals surface area contributed by atoms with E-state index >= 15 is 0 Å². The van der Waals surface area contributed by atoms with E-state index in [0.29, 0.717) is 22.3 Å². The second kappa shape index (κ2) is 6.93. The highest BCUT2D eigenvalue weighted by Crippen LogP contribution is 2.55. The lowest BCUT2D eigenvalue weighted by atomic mass is 9.59. The van der Waals surface area contributed by atoms with Crippen LogP contribution in [0.2, 0.25) is 10.0 Å². The molecule has 3 unspecified atom stereocenters. The van der Waals surface area contributed by atoms with Crippen LogP contribution in [-0.2, 0) is 19.7 Å². The molecule has 3 atom stereocenters. The Morgan fingerprint density at radius 2 is 1.89 bits per heavy atom. The normalized spacial score (nSPS) is 26.9.